The van der Waals surface area contributed by atoms with E-state index in [0.29, 0.717) is 33.4 Å². The number of alkyl halides is 3. The number of rotatable bonds is 3. The second-order valence-electron chi connectivity index (χ2n) is 6.50. The van der Waals surface area contributed by atoms with Crippen LogP contribution in [0.25, 0.3) is 33.2 Å². The van der Waals surface area contributed by atoms with Crippen LogP contribution in [0.1, 0.15) is 5.56 Å². The van der Waals surface area contributed by atoms with Crippen LogP contribution < -0.4 is 4.74 Å². The number of pyridine rings is 1. The molecule has 0 fully saturated rings. The first kappa shape index (κ1) is 18.8. The number of fused-ring (bicyclic) bond motifs is 1. The predicted octanol–water partition coefficient (Wildman–Crippen LogP) is 6.30. The molecule has 4 aromatic rings. The van der Waals surface area contributed by atoms with Crippen LogP contribution in [0.5, 0.6) is 11.5 Å². The Morgan fingerprint density at radius 2 is 1.66 bits per heavy atom. The minimum absolute atomic E-state index is 0.0189. The molecule has 0 aliphatic heterocycles. The molecule has 1 heterocycles. The molecule has 0 saturated carbocycles. The molecule has 6 heteroatoms. The third-order valence-corrected chi connectivity index (χ3v) is 4.73. The molecule has 0 unspecified atom stereocenters. The van der Waals surface area contributed by atoms with Crippen molar-refractivity contribution in [2.24, 2.45) is 0 Å². The quantitative estimate of drug-likeness (QED) is 0.443. The largest absolute Gasteiger partial charge is 0.508 e. The number of halogens is 3. The van der Waals surface area contributed by atoms with E-state index < -0.39 is 11.7 Å². The van der Waals surface area contributed by atoms with E-state index in [1.807, 2.05) is 18.2 Å². The number of aromatic nitrogens is 1. The zero-order chi connectivity index (χ0) is 20.6. The second kappa shape index (κ2) is 7.13. The second-order valence-corrected chi connectivity index (χ2v) is 6.50. The van der Waals surface area contributed by atoms with Crippen LogP contribution >= 0.6 is 0 Å². The van der Waals surface area contributed by atoms with E-state index in [0.717, 1.165) is 6.07 Å². The van der Waals surface area contributed by atoms with Crippen molar-refractivity contribution < 1.29 is 23.0 Å². The topological polar surface area (TPSA) is 42.4 Å². The maximum atomic E-state index is 13.6. The SMILES string of the molecule is COc1ccccc1-c1cnc2c(C(F)(F)F)cccc2c1-c1cccc(O)c1. The summed E-state index contributed by atoms with van der Waals surface area (Å²) in [5, 5.41) is 10.3. The molecule has 0 spiro atoms. The number of phenolic OH excluding ortho intramolecular Hbond substituents is 1. The van der Waals surface area contributed by atoms with Gasteiger partial charge in [0.15, 0.2) is 0 Å². The molecule has 0 radical (unpaired) electrons. The number of nitrogens with zero attached hydrogens (tertiary/aromatic N) is 1. The van der Waals surface area contributed by atoms with E-state index in [1.54, 1.807) is 24.3 Å². The third kappa shape index (κ3) is 3.38. The molecule has 4 rings (SSSR count). The van der Waals surface area contributed by atoms with Gasteiger partial charge < -0.3 is 9.84 Å². The van der Waals surface area contributed by atoms with Crippen LogP contribution in [0.15, 0.2) is 72.9 Å². The van der Waals surface area contributed by atoms with Gasteiger partial charge in [-0.2, -0.15) is 13.2 Å². The summed E-state index contributed by atoms with van der Waals surface area (Å²) >= 11 is 0. The molecule has 0 saturated heterocycles. The first-order chi connectivity index (χ1) is 13.9. The highest BCUT2D eigenvalue weighted by atomic mass is 19.4. The molecule has 3 nitrogen and oxygen atoms in total. The van der Waals surface area contributed by atoms with Crippen LogP contribution in [-0.4, -0.2) is 17.2 Å². The fourth-order valence-electron chi connectivity index (χ4n) is 3.50. The highest BCUT2D eigenvalue weighted by molar-refractivity contribution is 6.04. The van der Waals surface area contributed by atoms with Crippen LogP contribution in [0.2, 0.25) is 0 Å². The summed E-state index contributed by atoms with van der Waals surface area (Å²) in [6, 6.07) is 17.6. The van der Waals surface area contributed by atoms with Crippen LogP contribution in [-0.2, 0) is 6.18 Å². The number of methoxy groups -OCH3 is 1. The predicted molar refractivity (Wildman–Crippen MR) is 106 cm³/mol. The molecule has 0 aliphatic rings. The Bertz CT molecular complexity index is 1200. The molecule has 0 bridgehead atoms. The van der Waals surface area contributed by atoms with Gasteiger partial charge in [-0.15, -0.1) is 0 Å². The molecule has 29 heavy (non-hydrogen) atoms. The Balaban J connectivity index is 2.14. The fourth-order valence-corrected chi connectivity index (χ4v) is 3.50. The van der Waals surface area contributed by atoms with Gasteiger partial charge in [0.1, 0.15) is 11.5 Å². The molecular formula is C23H16F3NO2. The molecular weight excluding hydrogens is 379 g/mol. The molecule has 1 aromatic heterocycles. The Kier molecular flexibility index (Phi) is 4.62. The number of ether oxygens (including phenoxy) is 1. The van der Waals surface area contributed by atoms with Crippen molar-refractivity contribution in [3.63, 3.8) is 0 Å². The number of aromatic hydroxyl groups is 1. The fraction of sp³-hybridized carbons (Fsp3) is 0.0870. The molecule has 0 atom stereocenters. The average molecular weight is 395 g/mol. The Hall–Kier alpha value is -3.54. The molecule has 0 amide bonds. The summed E-state index contributed by atoms with van der Waals surface area (Å²) in [5.41, 5.74) is 1.49. The smallest absolute Gasteiger partial charge is 0.418 e. The van der Waals surface area contributed by atoms with Crippen LogP contribution in [0, 0.1) is 0 Å². The maximum Gasteiger partial charge on any atom is 0.418 e. The zero-order valence-corrected chi connectivity index (χ0v) is 15.4. The normalized spacial score (nSPS) is 11.6. The minimum Gasteiger partial charge on any atom is -0.508 e. The van der Waals surface area contributed by atoms with E-state index in [1.165, 1.54) is 31.5 Å². The molecule has 0 aliphatic carbocycles. The van der Waals surface area contributed by atoms with Crippen molar-refractivity contribution >= 4 is 10.9 Å². The van der Waals surface area contributed by atoms with Crippen molar-refractivity contribution in [2.75, 3.05) is 7.11 Å². The number of hydrogen-bond donors (Lipinski definition) is 1. The van der Waals surface area contributed by atoms with Gasteiger partial charge in [-0.05, 0) is 29.8 Å². The number of para-hydroxylation sites is 2. The Morgan fingerprint density at radius 3 is 2.38 bits per heavy atom. The van der Waals surface area contributed by atoms with Crippen LogP contribution in [0.4, 0.5) is 13.2 Å². The average Bonchev–Trinajstić information content (AvgIpc) is 2.71. The van der Waals surface area contributed by atoms with Crippen molar-refractivity contribution in [3.05, 3.63) is 78.5 Å². The molecule has 1 N–H and O–H groups in total. The summed E-state index contributed by atoms with van der Waals surface area (Å²) in [5.74, 6) is 0.590. The van der Waals surface area contributed by atoms with Crippen molar-refractivity contribution in [1.82, 2.24) is 4.98 Å². The van der Waals surface area contributed by atoms with E-state index in [-0.39, 0.29) is 11.3 Å². The lowest BCUT2D eigenvalue weighted by molar-refractivity contribution is -0.136. The third-order valence-electron chi connectivity index (χ3n) is 4.73. The van der Waals surface area contributed by atoms with Crippen molar-refractivity contribution in [3.8, 4) is 33.8 Å². The lowest BCUT2D eigenvalue weighted by atomic mass is 9.91. The standard InChI is InChI=1S/C23H16F3NO2/c1-29-20-11-3-2-8-16(20)18-13-27-22-17(9-5-10-19(22)23(24,25)26)21(18)14-6-4-7-15(28)12-14/h2-13,28H,1H3. The molecule has 3 aromatic carbocycles. The lowest BCUT2D eigenvalue weighted by Crippen LogP contribution is -2.07. The van der Waals surface area contributed by atoms with Crippen molar-refractivity contribution in [1.29, 1.82) is 0 Å². The summed E-state index contributed by atoms with van der Waals surface area (Å²) in [7, 11) is 1.53. The molecule has 146 valence electrons. The monoisotopic (exact) mass is 395 g/mol. The summed E-state index contributed by atoms with van der Waals surface area (Å²) in [6.45, 7) is 0. The van der Waals surface area contributed by atoms with Gasteiger partial charge in [-0.1, -0.05) is 42.5 Å². The van der Waals surface area contributed by atoms with Gasteiger partial charge in [-0.3, -0.25) is 4.98 Å². The summed E-state index contributed by atoms with van der Waals surface area (Å²) in [6.07, 6.45) is -3.11. The van der Waals surface area contributed by atoms with Gasteiger partial charge in [0, 0.05) is 28.3 Å². The van der Waals surface area contributed by atoms with Gasteiger partial charge in [-0.25, -0.2) is 0 Å². The van der Waals surface area contributed by atoms with Gasteiger partial charge >= 0.3 is 6.18 Å². The van der Waals surface area contributed by atoms with Crippen LogP contribution in [0.3, 0.4) is 0 Å². The van der Waals surface area contributed by atoms with E-state index in [4.69, 9.17) is 4.74 Å². The van der Waals surface area contributed by atoms with Gasteiger partial charge in [0.2, 0.25) is 0 Å². The number of phenols is 1. The minimum atomic E-state index is -4.53. The zero-order valence-electron chi connectivity index (χ0n) is 15.4. The Morgan fingerprint density at radius 1 is 0.897 bits per heavy atom. The lowest BCUT2D eigenvalue weighted by Gasteiger charge is -2.17. The summed E-state index contributed by atoms with van der Waals surface area (Å²) in [4.78, 5) is 4.17. The number of hydrogen-bond acceptors (Lipinski definition) is 3. The summed E-state index contributed by atoms with van der Waals surface area (Å²) < 4.78 is 46.1. The number of benzene rings is 3. The van der Waals surface area contributed by atoms with E-state index in [2.05, 4.69) is 4.98 Å². The highest BCUT2D eigenvalue weighted by Gasteiger charge is 2.33. The van der Waals surface area contributed by atoms with Gasteiger partial charge in [0.05, 0.1) is 18.2 Å². The van der Waals surface area contributed by atoms with E-state index >= 15 is 0 Å². The first-order valence-corrected chi connectivity index (χ1v) is 8.82. The van der Waals surface area contributed by atoms with Crippen molar-refractivity contribution in [2.45, 2.75) is 6.18 Å². The van der Waals surface area contributed by atoms with E-state index in [9.17, 15) is 18.3 Å². The van der Waals surface area contributed by atoms with Gasteiger partial charge in [0.25, 0.3) is 0 Å². The maximum absolute atomic E-state index is 13.6. The Labute approximate surface area is 165 Å². The first-order valence-electron chi connectivity index (χ1n) is 8.82. The highest BCUT2D eigenvalue weighted by Crippen LogP contribution is 2.43.